The molecule has 2 aromatic carbocycles. The molecule has 0 fully saturated rings. The van der Waals surface area contributed by atoms with E-state index in [0.29, 0.717) is 5.69 Å². The van der Waals surface area contributed by atoms with Crippen LogP contribution < -0.4 is 5.73 Å². The van der Waals surface area contributed by atoms with Crippen LogP contribution in [0.5, 0.6) is 0 Å². The summed E-state index contributed by atoms with van der Waals surface area (Å²) in [5, 5.41) is 0. The Labute approximate surface area is 126 Å². The third kappa shape index (κ3) is 3.83. The van der Waals surface area contributed by atoms with Gasteiger partial charge in [0.2, 0.25) is 10.0 Å². The van der Waals surface area contributed by atoms with Crippen LogP contribution in [0, 0.1) is 0 Å². The Morgan fingerprint density at radius 3 is 2.19 bits per heavy atom. The molecule has 0 heterocycles. The Bertz CT molecular complexity index is 682. The van der Waals surface area contributed by atoms with E-state index in [1.165, 1.54) is 4.31 Å². The van der Waals surface area contributed by atoms with Gasteiger partial charge in [0.1, 0.15) is 0 Å². The lowest BCUT2D eigenvalue weighted by Gasteiger charge is -2.24. The fourth-order valence-electron chi connectivity index (χ4n) is 2.11. The molecule has 0 aromatic heterocycles. The lowest BCUT2D eigenvalue weighted by atomic mass is 10.1. The summed E-state index contributed by atoms with van der Waals surface area (Å²) in [5.41, 5.74) is 7.95. The van der Waals surface area contributed by atoms with Crippen molar-refractivity contribution in [3.63, 3.8) is 0 Å². The minimum absolute atomic E-state index is 0.0268. The molecule has 21 heavy (non-hydrogen) atoms. The molecule has 1 unspecified atom stereocenters. The average Bonchev–Trinajstić information content (AvgIpc) is 2.49. The van der Waals surface area contributed by atoms with Gasteiger partial charge in [0.25, 0.3) is 0 Å². The zero-order chi connectivity index (χ0) is 15.5. The van der Waals surface area contributed by atoms with E-state index in [-0.39, 0.29) is 11.8 Å². The fraction of sp³-hybridized carbons (Fsp3) is 0.250. The summed E-state index contributed by atoms with van der Waals surface area (Å²) in [7, 11) is -1.77. The van der Waals surface area contributed by atoms with Crippen LogP contribution in [0.4, 0.5) is 5.69 Å². The standard InChI is InChI=1S/C16H20N2O2S/c1-13(15-6-4-3-5-7-15)18(2)21(19,20)12-14-8-10-16(17)11-9-14/h3-11,13H,12,17H2,1-2H3. The van der Waals surface area contributed by atoms with Gasteiger partial charge in [-0.25, -0.2) is 8.42 Å². The van der Waals surface area contributed by atoms with E-state index in [0.717, 1.165) is 11.1 Å². The number of hydrogen-bond donors (Lipinski definition) is 1. The summed E-state index contributed by atoms with van der Waals surface area (Å²) in [6.45, 7) is 1.88. The van der Waals surface area contributed by atoms with Crippen molar-refractivity contribution in [2.75, 3.05) is 12.8 Å². The summed E-state index contributed by atoms with van der Waals surface area (Å²) >= 11 is 0. The molecule has 0 aliphatic heterocycles. The Balaban J connectivity index is 2.17. The number of rotatable bonds is 5. The van der Waals surface area contributed by atoms with Crippen molar-refractivity contribution >= 4 is 15.7 Å². The van der Waals surface area contributed by atoms with Crippen LogP contribution in [0.25, 0.3) is 0 Å². The fourth-order valence-corrected chi connectivity index (χ4v) is 3.53. The zero-order valence-electron chi connectivity index (χ0n) is 12.2. The van der Waals surface area contributed by atoms with Crippen molar-refractivity contribution in [2.24, 2.45) is 0 Å². The highest BCUT2D eigenvalue weighted by Crippen LogP contribution is 2.23. The quantitative estimate of drug-likeness (QED) is 0.864. The summed E-state index contributed by atoms with van der Waals surface area (Å²) in [5.74, 6) is -0.0268. The van der Waals surface area contributed by atoms with Gasteiger partial charge in [0.05, 0.1) is 5.75 Å². The molecule has 112 valence electrons. The van der Waals surface area contributed by atoms with Crippen LogP contribution >= 0.6 is 0 Å². The molecule has 0 aliphatic carbocycles. The van der Waals surface area contributed by atoms with E-state index in [9.17, 15) is 8.42 Å². The van der Waals surface area contributed by atoms with Gasteiger partial charge in [-0.2, -0.15) is 4.31 Å². The van der Waals surface area contributed by atoms with E-state index >= 15 is 0 Å². The second kappa shape index (κ2) is 6.28. The first-order chi connectivity index (χ1) is 9.90. The van der Waals surface area contributed by atoms with Gasteiger partial charge in [-0.05, 0) is 30.2 Å². The maximum Gasteiger partial charge on any atom is 0.218 e. The topological polar surface area (TPSA) is 63.4 Å². The normalized spacial score (nSPS) is 13.3. The molecule has 0 amide bonds. The van der Waals surface area contributed by atoms with Gasteiger partial charge in [0, 0.05) is 18.8 Å². The molecular weight excluding hydrogens is 284 g/mol. The number of nitrogens with zero attached hydrogens (tertiary/aromatic N) is 1. The summed E-state index contributed by atoms with van der Waals surface area (Å²) in [6, 6.07) is 16.3. The van der Waals surface area contributed by atoms with Crippen molar-refractivity contribution < 1.29 is 8.42 Å². The largest absolute Gasteiger partial charge is 0.399 e. The lowest BCUT2D eigenvalue weighted by molar-refractivity contribution is 0.398. The van der Waals surface area contributed by atoms with Gasteiger partial charge in [0.15, 0.2) is 0 Å². The van der Waals surface area contributed by atoms with Gasteiger partial charge in [-0.1, -0.05) is 42.5 Å². The van der Waals surface area contributed by atoms with Crippen molar-refractivity contribution in [1.82, 2.24) is 4.31 Å². The molecule has 2 aromatic rings. The maximum atomic E-state index is 12.5. The molecule has 0 bridgehead atoms. The lowest BCUT2D eigenvalue weighted by Crippen LogP contribution is -2.30. The summed E-state index contributed by atoms with van der Waals surface area (Å²) < 4.78 is 26.4. The Morgan fingerprint density at radius 2 is 1.62 bits per heavy atom. The summed E-state index contributed by atoms with van der Waals surface area (Å²) in [6.07, 6.45) is 0. The number of benzene rings is 2. The molecule has 0 aliphatic rings. The first-order valence-corrected chi connectivity index (χ1v) is 8.36. The van der Waals surface area contributed by atoms with Gasteiger partial charge in [-0.15, -0.1) is 0 Å². The van der Waals surface area contributed by atoms with Crippen LogP contribution in [0.3, 0.4) is 0 Å². The number of sulfonamides is 1. The highest BCUT2D eigenvalue weighted by Gasteiger charge is 2.24. The first-order valence-electron chi connectivity index (χ1n) is 6.75. The molecule has 0 saturated carbocycles. The van der Waals surface area contributed by atoms with Gasteiger partial charge < -0.3 is 5.73 Å². The van der Waals surface area contributed by atoms with Gasteiger partial charge in [-0.3, -0.25) is 0 Å². The maximum absolute atomic E-state index is 12.5. The molecule has 5 heteroatoms. The predicted octanol–water partition coefficient (Wildman–Crippen LogP) is 2.79. The van der Waals surface area contributed by atoms with Crippen LogP contribution in [-0.4, -0.2) is 19.8 Å². The monoisotopic (exact) mass is 304 g/mol. The molecule has 1 atom stereocenters. The Kier molecular flexibility index (Phi) is 4.65. The van der Waals surface area contributed by atoms with E-state index in [1.807, 2.05) is 37.3 Å². The average molecular weight is 304 g/mol. The van der Waals surface area contributed by atoms with E-state index in [1.54, 1.807) is 31.3 Å². The van der Waals surface area contributed by atoms with Crippen LogP contribution in [-0.2, 0) is 15.8 Å². The van der Waals surface area contributed by atoms with Crippen LogP contribution in [0.2, 0.25) is 0 Å². The minimum Gasteiger partial charge on any atom is -0.399 e. The number of hydrogen-bond acceptors (Lipinski definition) is 3. The van der Waals surface area contributed by atoms with Crippen molar-refractivity contribution in [3.8, 4) is 0 Å². The van der Waals surface area contributed by atoms with Crippen molar-refractivity contribution in [3.05, 3.63) is 65.7 Å². The molecule has 4 nitrogen and oxygen atoms in total. The smallest absolute Gasteiger partial charge is 0.218 e. The highest BCUT2D eigenvalue weighted by atomic mass is 32.2. The molecule has 2 rings (SSSR count). The summed E-state index contributed by atoms with van der Waals surface area (Å²) in [4.78, 5) is 0. The molecular formula is C16H20N2O2S. The first kappa shape index (κ1) is 15.5. The molecule has 0 spiro atoms. The molecule has 0 saturated heterocycles. The van der Waals surface area contributed by atoms with Crippen molar-refractivity contribution in [2.45, 2.75) is 18.7 Å². The van der Waals surface area contributed by atoms with Crippen LogP contribution in [0.15, 0.2) is 54.6 Å². The second-order valence-corrected chi connectivity index (χ2v) is 7.13. The zero-order valence-corrected chi connectivity index (χ0v) is 13.0. The Morgan fingerprint density at radius 1 is 1.05 bits per heavy atom. The van der Waals surface area contributed by atoms with Crippen molar-refractivity contribution in [1.29, 1.82) is 0 Å². The Hall–Kier alpha value is -1.85. The number of nitrogen functional groups attached to an aromatic ring is 1. The SMILES string of the molecule is CC(c1ccccc1)N(C)S(=O)(=O)Cc1ccc(N)cc1. The number of nitrogens with two attached hydrogens (primary N) is 1. The third-order valence-corrected chi connectivity index (χ3v) is 5.49. The van der Waals surface area contributed by atoms with E-state index in [4.69, 9.17) is 5.73 Å². The van der Waals surface area contributed by atoms with Gasteiger partial charge >= 0.3 is 0 Å². The van der Waals surface area contributed by atoms with Crippen LogP contribution in [0.1, 0.15) is 24.1 Å². The molecule has 2 N–H and O–H groups in total. The minimum atomic E-state index is -3.38. The highest BCUT2D eigenvalue weighted by molar-refractivity contribution is 7.88. The molecule has 0 radical (unpaired) electrons. The van der Waals surface area contributed by atoms with E-state index in [2.05, 4.69) is 0 Å². The third-order valence-electron chi connectivity index (χ3n) is 3.59. The predicted molar refractivity (Wildman–Crippen MR) is 86.1 cm³/mol. The van der Waals surface area contributed by atoms with E-state index < -0.39 is 10.0 Å². The number of anilines is 1. The second-order valence-electron chi connectivity index (χ2n) is 5.10.